The number of rotatable bonds is 9. The molecule has 240 valence electrons. The second-order valence-corrected chi connectivity index (χ2v) is 17.5. The molecule has 4 saturated carbocycles. The molecule has 2 N–H and O–H groups in total. The topological polar surface area (TPSA) is 49.7 Å². The number of aliphatic hydroxyl groups is 2. The number of aliphatic hydroxyl groups excluding tert-OH is 2. The van der Waals surface area contributed by atoms with Crippen molar-refractivity contribution in [2.45, 2.75) is 165 Å². The van der Waals surface area contributed by atoms with Crippen LogP contribution in [0.2, 0.25) is 0 Å². The fourth-order valence-electron chi connectivity index (χ4n) is 12.8. The monoisotopic (exact) mass is 575 g/mol. The molecule has 3 nitrogen and oxygen atoms in total. The van der Waals surface area contributed by atoms with Crippen molar-refractivity contribution in [2.75, 3.05) is 0 Å². The van der Waals surface area contributed by atoms with Crippen LogP contribution in [-0.2, 0) is 4.74 Å². The summed E-state index contributed by atoms with van der Waals surface area (Å²) in [6, 6.07) is 0. The van der Waals surface area contributed by atoms with Crippen LogP contribution in [0, 0.1) is 75.4 Å². The molecule has 0 aliphatic heterocycles. The van der Waals surface area contributed by atoms with Crippen molar-refractivity contribution in [2.24, 2.45) is 75.4 Å². The third-order valence-corrected chi connectivity index (χ3v) is 14.4. The minimum Gasteiger partial charge on any atom is -0.392 e. The van der Waals surface area contributed by atoms with Gasteiger partial charge in [-0.2, -0.15) is 0 Å². The Kier molecular flexibility index (Phi) is 10.2. The summed E-state index contributed by atoms with van der Waals surface area (Å²) in [5.41, 5.74) is -0.599. The smallest absolute Gasteiger partial charge is 0.0698 e. The lowest BCUT2D eigenvalue weighted by Crippen LogP contribution is -2.77. The fraction of sp³-hybridized carbons (Fsp3) is 1.00. The van der Waals surface area contributed by atoms with Gasteiger partial charge in [-0.25, -0.2) is 0 Å². The van der Waals surface area contributed by atoms with Crippen LogP contribution in [0.15, 0.2) is 0 Å². The van der Waals surface area contributed by atoms with E-state index >= 15 is 0 Å². The highest BCUT2D eigenvalue weighted by Gasteiger charge is 2.76. The SMILES string of the molecule is CCCCCC1C2CCCC(C)C2C(O)C2C(C)C3(C)C(O)C(C(C)C)C(C)CC3(C)C(OC(C)CC(C)C)C12C. The molecule has 4 fully saturated rings. The zero-order valence-electron chi connectivity index (χ0n) is 29.2. The van der Waals surface area contributed by atoms with E-state index in [9.17, 15) is 10.2 Å². The van der Waals surface area contributed by atoms with Crippen LogP contribution < -0.4 is 0 Å². The lowest BCUT2D eigenvalue weighted by Gasteiger charge is -2.76. The Morgan fingerprint density at radius 3 is 2.15 bits per heavy atom. The molecule has 15 atom stereocenters. The van der Waals surface area contributed by atoms with Gasteiger partial charge in [-0.15, -0.1) is 0 Å². The molecule has 0 amide bonds. The lowest BCUT2D eigenvalue weighted by atomic mass is 9.31. The third-order valence-electron chi connectivity index (χ3n) is 14.4. The van der Waals surface area contributed by atoms with Gasteiger partial charge in [0.2, 0.25) is 0 Å². The quantitative estimate of drug-likeness (QED) is 0.270. The van der Waals surface area contributed by atoms with Crippen LogP contribution in [-0.4, -0.2) is 34.6 Å². The summed E-state index contributed by atoms with van der Waals surface area (Å²) in [6.07, 6.45) is 10.5. The third kappa shape index (κ3) is 5.20. The average Bonchev–Trinajstić information content (AvgIpc) is 2.86. The van der Waals surface area contributed by atoms with Gasteiger partial charge in [-0.1, -0.05) is 108 Å². The Hall–Kier alpha value is -0.120. The molecular formula is C38H70O3. The molecule has 41 heavy (non-hydrogen) atoms. The summed E-state index contributed by atoms with van der Waals surface area (Å²) in [6.45, 7) is 28.6. The molecule has 4 aliphatic carbocycles. The molecule has 3 heteroatoms. The summed E-state index contributed by atoms with van der Waals surface area (Å²) in [5, 5.41) is 25.2. The maximum atomic E-state index is 12.7. The van der Waals surface area contributed by atoms with Gasteiger partial charge in [-0.3, -0.25) is 0 Å². The average molecular weight is 575 g/mol. The Balaban J connectivity index is 1.94. The summed E-state index contributed by atoms with van der Waals surface area (Å²) in [5.74, 6) is 4.17. The first-order valence-corrected chi connectivity index (χ1v) is 18.1. The van der Waals surface area contributed by atoms with Crippen LogP contribution in [0.4, 0.5) is 0 Å². The van der Waals surface area contributed by atoms with Crippen molar-refractivity contribution in [1.29, 1.82) is 0 Å². The summed E-state index contributed by atoms with van der Waals surface area (Å²) >= 11 is 0. The van der Waals surface area contributed by atoms with Crippen LogP contribution in [0.1, 0.15) is 141 Å². The summed E-state index contributed by atoms with van der Waals surface area (Å²) < 4.78 is 7.52. The predicted molar refractivity (Wildman–Crippen MR) is 173 cm³/mol. The van der Waals surface area contributed by atoms with Gasteiger partial charge in [-0.05, 0) is 91.8 Å². The van der Waals surface area contributed by atoms with E-state index in [0.29, 0.717) is 41.4 Å². The second-order valence-electron chi connectivity index (χ2n) is 17.5. The molecule has 0 heterocycles. The molecule has 0 saturated heterocycles. The van der Waals surface area contributed by atoms with Crippen LogP contribution in [0.5, 0.6) is 0 Å². The first-order chi connectivity index (χ1) is 19.1. The zero-order valence-corrected chi connectivity index (χ0v) is 29.2. The maximum absolute atomic E-state index is 12.7. The van der Waals surface area contributed by atoms with Crippen LogP contribution >= 0.6 is 0 Å². The summed E-state index contributed by atoms with van der Waals surface area (Å²) in [7, 11) is 0. The highest BCUT2D eigenvalue weighted by molar-refractivity contribution is 5.23. The van der Waals surface area contributed by atoms with E-state index in [-0.39, 0.29) is 52.3 Å². The normalized spacial score (nSPS) is 50.8. The minimum atomic E-state index is -0.394. The van der Waals surface area contributed by atoms with E-state index < -0.39 is 6.10 Å². The van der Waals surface area contributed by atoms with Gasteiger partial charge in [0.05, 0.1) is 24.4 Å². The number of fused-ring (bicyclic) bond motifs is 3. The van der Waals surface area contributed by atoms with Gasteiger partial charge in [0, 0.05) is 16.2 Å². The van der Waals surface area contributed by atoms with E-state index in [1.165, 1.54) is 44.9 Å². The highest BCUT2D eigenvalue weighted by Crippen LogP contribution is 2.75. The van der Waals surface area contributed by atoms with E-state index in [1.54, 1.807) is 0 Å². The van der Waals surface area contributed by atoms with Crippen molar-refractivity contribution in [1.82, 2.24) is 0 Å². The van der Waals surface area contributed by atoms with Crippen molar-refractivity contribution in [3.63, 3.8) is 0 Å². The first kappa shape index (κ1) is 33.8. The number of hydrogen-bond acceptors (Lipinski definition) is 3. The first-order valence-electron chi connectivity index (χ1n) is 18.1. The minimum absolute atomic E-state index is 0.0274. The van der Waals surface area contributed by atoms with Gasteiger partial charge in [0.15, 0.2) is 0 Å². The van der Waals surface area contributed by atoms with E-state index in [1.807, 2.05) is 0 Å². The summed E-state index contributed by atoms with van der Waals surface area (Å²) in [4.78, 5) is 0. The van der Waals surface area contributed by atoms with Crippen LogP contribution in [0.3, 0.4) is 0 Å². The van der Waals surface area contributed by atoms with E-state index in [0.717, 1.165) is 12.8 Å². The highest BCUT2D eigenvalue weighted by atomic mass is 16.5. The molecule has 4 rings (SSSR count). The molecule has 0 aromatic rings. The largest absolute Gasteiger partial charge is 0.392 e. The molecule has 0 radical (unpaired) electrons. The van der Waals surface area contributed by atoms with Crippen LogP contribution in [0.25, 0.3) is 0 Å². The number of hydrogen-bond donors (Lipinski definition) is 2. The predicted octanol–water partition coefficient (Wildman–Crippen LogP) is 9.39. The molecule has 15 unspecified atom stereocenters. The van der Waals surface area contributed by atoms with Crippen molar-refractivity contribution < 1.29 is 14.9 Å². The fourth-order valence-corrected chi connectivity index (χ4v) is 12.8. The van der Waals surface area contributed by atoms with Crippen molar-refractivity contribution in [3.05, 3.63) is 0 Å². The van der Waals surface area contributed by atoms with Gasteiger partial charge >= 0.3 is 0 Å². The Morgan fingerprint density at radius 2 is 1.56 bits per heavy atom. The standard InChI is InChI=1S/C38H70O3/c1-13-14-15-19-29-28-18-16-17-24(6)31(28)33(39)32-27(9)38(12)34(40)30(23(4)5)25(7)21-36(38,10)35(37(29,32)11)41-26(8)20-22(2)3/h22-35,39-40H,13-21H2,1-12H3. The second kappa shape index (κ2) is 12.3. The van der Waals surface area contributed by atoms with E-state index in [2.05, 4.69) is 83.1 Å². The molecule has 0 aromatic heterocycles. The Bertz CT molecular complexity index is 870. The number of ether oxygens (including phenoxy) is 1. The molecule has 0 bridgehead atoms. The van der Waals surface area contributed by atoms with Crippen molar-refractivity contribution >= 4 is 0 Å². The van der Waals surface area contributed by atoms with Gasteiger partial charge in [0.25, 0.3) is 0 Å². The lowest BCUT2D eigenvalue weighted by molar-refractivity contribution is -0.345. The van der Waals surface area contributed by atoms with Gasteiger partial charge < -0.3 is 14.9 Å². The molecular weight excluding hydrogens is 504 g/mol. The molecule has 4 aliphatic rings. The van der Waals surface area contributed by atoms with Crippen molar-refractivity contribution in [3.8, 4) is 0 Å². The van der Waals surface area contributed by atoms with Gasteiger partial charge in [0.1, 0.15) is 0 Å². The zero-order chi connectivity index (χ0) is 30.7. The molecule has 0 spiro atoms. The number of unbranched alkanes of at least 4 members (excludes halogenated alkanes) is 2. The Labute approximate surface area is 255 Å². The maximum Gasteiger partial charge on any atom is 0.0698 e. The van der Waals surface area contributed by atoms with E-state index in [4.69, 9.17) is 4.74 Å². The Morgan fingerprint density at radius 1 is 0.902 bits per heavy atom. The molecule has 0 aromatic carbocycles.